The summed E-state index contributed by atoms with van der Waals surface area (Å²) in [4.78, 5) is 23.5. The third kappa shape index (κ3) is 6.59. The highest BCUT2D eigenvalue weighted by molar-refractivity contribution is 9.10. The van der Waals surface area contributed by atoms with Gasteiger partial charge in [0.05, 0.1) is 12.1 Å². The van der Waals surface area contributed by atoms with Crippen LogP contribution in [0, 0.1) is 6.92 Å². The lowest BCUT2D eigenvalue weighted by atomic mass is 10.2. The lowest BCUT2D eigenvalue weighted by Crippen LogP contribution is -2.35. The highest BCUT2D eigenvalue weighted by Crippen LogP contribution is 2.30. The number of hydrogen-bond donors (Lipinski definition) is 2. The highest BCUT2D eigenvalue weighted by atomic mass is 79.9. The smallest absolute Gasteiger partial charge is 0.416 e. The standard InChI is InChI=1S/C18H16BrF3N2O3/c1-11-8-13(4-7-15(11)19)24-16(25)9-23-17(26)10-27-14-5-2-12(3-6-14)18(20,21)22/h2-8H,9-10H2,1H3,(H,23,26)(H,24,25). The van der Waals surface area contributed by atoms with Crippen LogP contribution < -0.4 is 15.4 Å². The van der Waals surface area contributed by atoms with E-state index in [2.05, 4.69) is 26.6 Å². The summed E-state index contributed by atoms with van der Waals surface area (Å²) in [5.41, 5.74) is 0.733. The Kier molecular flexibility index (Phi) is 6.84. The molecule has 5 nitrogen and oxygen atoms in total. The van der Waals surface area contributed by atoms with Crippen molar-refractivity contribution < 1.29 is 27.5 Å². The Morgan fingerprint density at radius 1 is 1.07 bits per heavy atom. The highest BCUT2D eigenvalue weighted by Gasteiger charge is 2.30. The molecule has 2 aromatic carbocycles. The van der Waals surface area contributed by atoms with Crippen molar-refractivity contribution in [2.75, 3.05) is 18.5 Å². The van der Waals surface area contributed by atoms with E-state index in [0.29, 0.717) is 5.69 Å². The molecule has 2 amide bonds. The number of amides is 2. The minimum Gasteiger partial charge on any atom is -0.484 e. The molecule has 2 rings (SSSR count). The van der Waals surface area contributed by atoms with Gasteiger partial charge in [0, 0.05) is 10.2 Å². The van der Waals surface area contributed by atoms with Gasteiger partial charge in [0.25, 0.3) is 5.91 Å². The average Bonchev–Trinajstić information content (AvgIpc) is 2.61. The van der Waals surface area contributed by atoms with Crippen LogP contribution in [0.15, 0.2) is 46.9 Å². The fourth-order valence-corrected chi connectivity index (χ4v) is 2.29. The van der Waals surface area contributed by atoms with Crippen molar-refractivity contribution in [3.63, 3.8) is 0 Å². The van der Waals surface area contributed by atoms with E-state index in [1.54, 1.807) is 18.2 Å². The summed E-state index contributed by atoms with van der Waals surface area (Å²) in [7, 11) is 0. The van der Waals surface area contributed by atoms with Gasteiger partial charge in [0.2, 0.25) is 5.91 Å². The molecule has 9 heteroatoms. The number of ether oxygens (including phenoxy) is 1. The van der Waals surface area contributed by atoms with Crippen LogP contribution in [0.1, 0.15) is 11.1 Å². The number of anilines is 1. The molecular formula is C18H16BrF3N2O3. The van der Waals surface area contributed by atoms with Crippen LogP contribution in [0.4, 0.5) is 18.9 Å². The van der Waals surface area contributed by atoms with Gasteiger partial charge >= 0.3 is 6.18 Å². The van der Waals surface area contributed by atoms with Gasteiger partial charge in [-0.3, -0.25) is 9.59 Å². The van der Waals surface area contributed by atoms with Crippen molar-refractivity contribution >= 4 is 33.4 Å². The summed E-state index contributed by atoms with van der Waals surface area (Å²) in [5.74, 6) is -0.871. The average molecular weight is 445 g/mol. The number of carbonyl (C=O) groups is 2. The lowest BCUT2D eigenvalue weighted by molar-refractivity contribution is -0.137. The molecule has 0 aliphatic carbocycles. The van der Waals surface area contributed by atoms with Gasteiger partial charge in [-0.05, 0) is 55.0 Å². The number of rotatable bonds is 6. The molecule has 0 aliphatic heterocycles. The zero-order valence-electron chi connectivity index (χ0n) is 14.2. The molecular weight excluding hydrogens is 429 g/mol. The Hall–Kier alpha value is -2.55. The van der Waals surface area contributed by atoms with Gasteiger partial charge in [0.1, 0.15) is 5.75 Å². The van der Waals surface area contributed by atoms with Crippen molar-refractivity contribution in [2.45, 2.75) is 13.1 Å². The van der Waals surface area contributed by atoms with E-state index < -0.39 is 30.2 Å². The first-order chi connectivity index (χ1) is 12.6. The van der Waals surface area contributed by atoms with Crippen LogP contribution >= 0.6 is 15.9 Å². The first kappa shape index (κ1) is 20.8. The normalized spacial score (nSPS) is 11.0. The van der Waals surface area contributed by atoms with E-state index in [1.165, 1.54) is 0 Å². The Morgan fingerprint density at radius 2 is 1.74 bits per heavy atom. The van der Waals surface area contributed by atoms with Crippen molar-refractivity contribution in [3.8, 4) is 5.75 Å². The number of aryl methyl sites for hydroxylation is 1. The monoisotopic (exact) mass is 444 g/mol. The molecule has 144 valence electrons. The molecule has 0 unspecified atom stereocenters. The fourth-order valence-electron chi connectivity index (χ4n) is 2.05. The van der Waals surface area contributed by atoms with Gasteiger partial charge in [-0.15, -0.1) is 0 Å². The van der Waals surface area contributed by atoms with Crippen LogP contribution in [0.25, 0.3) is 0 Å². The Labute approximate surface area is 162 Å². The number of carbonyl (C=O) groups excluding carboxylic acids is 2. The molecule has 0 saturated heterocycles. The first-order valence-corrected chi connectivity index (χ1v) is 8.57. The minimum atomic E-state index is -4.43. The molecule has 0 saturated carbocycles. The summed E-state index contributed by atoms with van der Waals surface area (Å²) in [6, 6.07) is 9.25. The number of hydrogen-bond acceptors (Lipinski definition) is 3. The third-order valence-corrected chi connectivity index (χ3v) is 4.33. The number of nitrogens with one attached hydrogen (secondary N) is 2. The molecule has 0 heterocycles. The number of halogens is 4. The molecule has 27 heavy (non-hydrogen) atoms. The molecule has 0 atom stereocenters. The third-order valence-electron chi connectivity index (χ3n) is 3.44. The summed E-state index contributed by atoms with van der Waals surface area (Å²) in [6.07, 6.45) is -4.43. The van der Waals surface area contributed by atoms with Crippen LogP contribution in [0.5, 0.6) is 5.75 Å². The van der Waals surface area contributed by atoms with Crippen molar-refractivity contribution in [3.05, 3.63) is 58.1 Å². The quantitative estimate of drug-likeness (QED) is 0.709. The zero-order chi connectivity index (χ0) is 20.0. The maximum absolute atomic E-state index is 12.5. The van der Waals surface area contributed by atoms with Gasteiger partial charge in [0.15, 0.2) is 6.61 Å². The van der Waals surface area contributed by atoms with E-state index in [-0.39, 0.29) is 12.3 Å². The van der Waals surface area contributed by atoms with Crippen molar-refractivity contribution in [2.24, 2.45) is 0 Å². The molecule has 0 fully saturated rings. The van der Waals surface area contributed by atoms with Gasteiger partial charge in [-0.25, -0.2) is 0 Å². The van der Waals surface area contributed by atoms with Crippen LogP contribution in [-0.4, -0.2) is 25.0 Å². The Bertz CT molecular complexity index is 824. The second-order valence-electron chi connectivity index (χ2n) is 5.60. The molecule has 2 aromatic rings. The van der Waals surface area contributed by atoms with E-state index >= 15 is 0 Å². The Morgan fingerprint density at radius 3 is 2.33 bits per heavy atom. The maximum atomic E-state index is 12.5. The molecule has 2 N–H and O–H groups in total. The molecule has 0 spiro atoms. The van der Waals surface area contributed by atoms with Gasteiger partial charge in [-0.1, -0.05) is 15.9 Å². The van der Waals surface area contributed by atoms with E-state index in [0.717, 1.165) is 34.3 Å². The molecule has 0 bridgehead atoms. The molecule has 0 aromatic heterocycles. The van der Waals surface area contributed by atoms with Crippen LogP contribution in [-0.2, 0) is 15.8 Å². The second kappa shape index (κ2) is 8.90. The zero-order valence-corrected chi connectivity index (χ0v) is 15.8. The molecule has 0 aliphatic rings. The van der Waals surface area contributed by atoms with E-state index in [9.17, 15) is 22.8 Å². The first-order valence-electron chi connectivity index (χ1n) is 7.78. The van der Waals surface area contributed by atoms with Gasteiger partial charge < -0.3 is 15.4 Å². The summed E-state index contributed by atoms with van der Waals surface area (Å²) < 4.78 is 43.4. The lowest BCUT2D eigenvalue weighted by Gasteiger charge is -2.10. The predicted molar refractivity (Wildman–Crippen MR) is 97.5 cm³/mol. The van der Waals surface area contributed by atoms with Crippen LogP contribution in [0.3, 0.4) is 0 Å². The second-order valence-corrected chi connectivity index (χ2v) is 6.45. The predicted octanol–water partition coefficient (Wildman–Crippen LogP) is 3.91. The largest absolute Gasteiger partial charge is 0.484 e. The summed E-state index contributed by atoms with van der Waals surface area (Å²) >= 11 is 3.36. The number of alkyl halides is 3. The Balaban J connectivity index is 1.75. The van der Waals surface area contributed by atoms with Crippen molar-refractivity contribution in [1.82, 2.24) is 5.32 Å². The summed E-state index contributed by atoms with van der Waals surface area (Å²) in [6.45, 7) is 1.19. The van der Waals surface area contributed by atoms with Gasteiger partial charge in [-0.2, -0.15) is 13.2 Å². The fraction of sp³-hybridized carbons (Fsp3) is 0.222. The number of benzene rings is 2. The van der Waals surface area contributed by atoms with Crippen molar-refractivity contribution in [1.29, 1.82) is 0 Å². The topological polar surface area (TPSA) is 67.4 Å². The van der Waals surface area contributed by atoms with Crippen LogP contribution in [0.2, 0.25) is 0 Å². The van der Waals surface area contributed by atoms with E-state index in [4.69, 9.17) is 4.74 Å². The SMILES string of the molecule is Cc1cc(NC(=O)CNC(=O)COc2ccc(C(F)(F)F)cc2)ccc1Br. The maximum Gasteiger partial charge on any atom is 0.416 e. The summed E-state index contributed by atoms with van der Waals surface area (Å²) in [5, 5.41) is 5.01. The minimum absolute atomic E-state index is 0.118. The molecule has 0 radical (unpaired) electrons. The van der Waals surface area contributed by atoms with E-state index in [1.807, 2.05) is 6.92 Å².